The van der Waals surface area contributed by atoms with Crippen molar-refractivity contribution in [3.05, 3.63) is 0 Å². The fourth-order valence-corrected chi connectivity index (χ4v) is 3.75. The molecule has 2 rings (SSSR count). The molecule has 5 atom stereocenters. The van der Waals surface area contributed by atoms with Gasteiger partial charge in [-0.1, -0.05) is 39.5 Å². The third-order valence-corrected chi connectivity index (χ3v) is 5.21. The van der Waals surface area contributed by atoms with Crippen LogP contribution >= 0.6 is 0 Å². The van der Waals surface area contributed by atoms with E-state index in [1.165, 1.54) is 51.4 Å². The molecule has 0 aromatic heterocycles. The zero-order valence-electron chi connectivity index (χ0n) is 12.2. The Kier molecular flexibility index (Phi) is 5.50. The molecule has 18 heavy (non-hydrogen) atoms. The first-order valence-corrected chi connectivity index (χ1v) is 8.13. The number of ether oxygens (including phenoxy) is 1. The maximum absolute atomic E-state index is 6.38. The lowest BCUT2D eigenvalue weighted by Gasteiger charge is -2.38. The van der Waals surface area contributed by atoms with Gasteiger partial charge in [-0.05, 0) is 43.9 Å². The van der Waals surface area contributed by atoms with Gasteiger partial charge in [0, 0.05) is 6.04 Å². The van der Waals surface area contributed by atoms with E-state index in [0.717, 1.165) is 18.3 Å². The summed E-state index contributed by atoms with van der Waals surface area (Å²) in [5, 5.41) is 0. The van der Waals surface area contributed by atoms with Gasteiger partial charge in [-0.3, -0.25) is 0 Å². The molecule has 2 aliphatic carbocycles. The highest BCUT2D eigenvalue weighted by Gasteiger charge is 2.31. The predicted octanol–water partition coefficient (Wildman–Crippen LogP) is 3.88. The van der Waals surface area contributed by atoms with Crippen molar-refractivity contribution < 1.29 is 4.74 Å². The van der Waals surface area contributed by atoms with E-state index in [0.29, 0.717) is 12.2 Å². The van der Waals surface area contributed by atoms with Crippen molar-refractivity contribution in [1.29, 1.82) is 0 Å². The van der Waals surface area contributed by atoms with Gasteiger partial charge in [-0.25, -0.2) is 0 Å². The van der Waals surface area contributed by atoms with Crippen molar-refractivity contribution in [1.82, 2.24) is 0 Å². The quantitative estimate of drug-likeness (QED) is 0.825. The van der Waals surface area contributed by atoms with Crippen LogP contribution in [0.2, 0.25) is 0 Å². The van der Waals surface area contributed by atoms with Crippen molar-refractivity contribution in [3.8, 4) is 0 Å². The SMILES string of the molecule is CCC1CCCC(OC2CC(CC)CCC2N)C1. The van der Waals surface area contributed by atoms with Crippen molar-refractivity contribution >= 4 is 0 Å². The van der Waals surface area contributed by atoms with E-state index in [4.69, 9.17) is 10.5 Å². The van der Waals surface area contributed by atoms with Crippen molar-refractivity contribution in [2.75, 3.05) is 0 Å². The summed E-state index contributed by atoms with van der Waals surface area (Å²) in [5.41, 5.74) is 6.26. The van der Waals surface area contributed by atoms with Crippen LogP contribution in [0.15, 0.2) is 0 Å². The van der Waals surface area contributed by atoms with Crippen LogP contribution in [-0.2, 0) is 4.74 Å². The van der Waals surface area contributed by atoms with Crippen LogP contribution in [0.4, 0.5) is 0 Å². The fraction of sp³-hybridized carbons (Fsp3) is 1.00. The molecule has 0 aromatic rings. The summed E-state index contributed by atoms with van der Waals surface area (Å²) in [7, 11) is 0. The summed E-state index contributed by atoms with van der Waals surface area (Å²) in [5.74, 6) is 1.74. The van der Waals surface area contributed by atoms with Gasteiger partial charge in [0.25, 0.3) is 0 Å². The molecule has 0 aromatic carbocycles. The Morgan fingerprint density at radius 1 is 0.944 bits per heavy atom. The van der Waals surface area contributed by atoms with Gasteiger partial charge < -0.3 is 10.5 Å². The molecule has 0 saturated heterocycles. The molecule has 2 fully saturated rings. The lowest BCUT2D eigenvalue weighted by Crippen LogP contribution is -2.44. The van der Waals surface area contributed by atoms with Gasteiger partial charge in [0.15, 0.2) is 0 Å². The second-order valence-corrected chi connectivity index (χ2v) is 6.49. The van der Waals surface area contributed by atoms with Crippen molar-refractivity contribution in [3.63, 3.8) is 0 Å². The first-order valence-electron chi connectivity index (χ1n) is 8.13. The van der Waals surface area contributed by atoms with Crippen LogP contribution in [0.3, 0.4) is 0 Å². The second-order valence-electron chi connectivity index (χ2n) is 6.49. The summed E-state index contributed by atoms with van der Waals surface area (Å²) < 4.78 is 6.38. The minimum Gasteiger partial charge on any atom is -0.373 e. The summed E-state index contributed by atoms with van der Waals surface area (Å²) >= 11 is 0. The van der Waals surface area contributed by atoms with Crippen molar-refractivity contribution in [2.45, 2.75) is 89.9 Å². The van der Waals surface area contributed by atoms with E-state index >= 15 is 0 Å². The van der Waals surface area contributed by atoms with E-state index in [-0.39, 0.29) is 6.04 Å². The number of nitrogens with two attached hydrogens (primary N) is 1. The summed E-state index contributed by atoms with van der Waals surface area (Å²) in [6, 6.07) is 0.287. The number of hydrogen-bond donors (Lipinski definition) is 1. The minimum atomic E-state index is 0.287. The van der Waals surface area contributed by atoms with E-state index < -0.39 is 0 Å². The zero-order valence-corrected chi connectivity index (χ0v) is 12.2. The molecule has 106 valence electrons. The minimum absolute atomic E-state index is 0.287. The molecular weight excluding hydrogens is 222 g/mol. The fourth-order valence-electron chi connectivity index (χ4n) is 3.75. The van der Waals surface area contributed by atoms with Crippen LogP contribution in [0.25, 0.3) is 0 Å². The Hall–Kier alpha value is -0.0800. The molecule has 0 radical (unpaired) electrons. The monoisotopic (exact) mass is 253 g/mol. The molecule has 0 aliphatic heterocycles. The van der Waals surface area contributed by atoms with Gasteiger partial charge in [-0.15, -0.1) is 0 Å². The zero-order chi connectivity index (χ0) is 13.0. The second kappa shape index (κ2) is 6.91. The molecule has 0 spiro atoms. The van der Waals surface area contributed by atoms with E-state index in [1.807, 2.05) is 0 Å². The Morgan fingerprint density at radius 2 is 1.67 bits per heavy atom. The smallest absolute Gasteiger partial charge is 0.0732 e. The largest absolute Gasteiger partial charge is 0.373 e. The number of rotatable bonds is 4. The Bertz CT molecular complexity index is 243. The van der Waals surface area contributed by atoms with Crippen LogP contribution in [0.5, 0.6) is 0 Å². The third-order valence-electron chi connectivity index (χ3n) is 5.21. The lowest BCUT2D eigenvalue weighted by molar-refractivity contribution is -0.0716. The molecule has 0 bridgehead atoms. The Labute approximate surface area is 113 Å². The lowest BCUT2D eigenvalue weighted by atomic mass is 9.82. The highest BCUT2D eigenvalue weighted by Crippen LogP contribution is 2.33. The third kappa shape index (κ3) is 3.71. The van der Waals surface area contributed by atoms with Crippen LogP contribution in [0.1, 0.15) is 71.6 Å². The molecular formula is C16H31NO. The van der Waals surface area contributed by atoms with Gasteiger partial charge >= 0.3 is 0 Å². The van der Waals surface area contributed by atoms with Crippen molar-refractivity contribution in [2.24, 2.45) is 17.6 Å². The highest BCUT2D eigenvalue weighted by atomic mass is 16.5. The van der Waals surface area contributed by atoms with Gasteiger partial charge in [0.1, 0.15) is 0 Å². The van der Waals surface area contributed by atoms with Crippen LogP contribution in [0, 0.1) is 11.8 Å². The predicted molar refractivity (Wildman–Crippen MR) is 76.5 cm³/mol. The topological polar surface area (TPSA) is 35.2 Å². The molecule has 5 unspecified atom stereocenters. The highest BCUT2D eigenvalue weighted by molar-refractivity contribution is 4.85. The molecule has 2 saturated carbocycles. The summed E-state index contributed by atoms with van der Waals surface area (Å²) in [4.78, 5) is 0. The molecule has 2 N–H and O–H groups in total. The number of hydrogen-bond acceptors (Lipinski definition) is 2. The molecule has 2 nitrogen and oxygen atoms in total. The Balaban J connectivity index is 1.83. The normalized spacial score (nSPS) is 41.8. The van der Waals surface area contributed by atoms with E-state index in [2.05, 4.69) is 13.8 Å². The maximum Gasteiger partial charge on any atom is 0.0732 e. The molecule has 0 heterocycles. The van der Waals surface area contributed by atoms with Crippen LogP contribution < -0.4 is 5.73 Å². The molecule has 2 aliphatic rings. The average molecular weight is 253 g/mol. The van der Waals surface area contributed by atoms with E-state index in [1.54, 1.807) is 0 Å². The maximum atomic E-state index is 6.38. The molecule has 2 heteroatoms. The summed E-state index contributed by atoms with van der Waals surface area (Å²) in [6.45, 7) is 4.61. The Morgan fingerprint density at radius 3 is 2.39 bits per heavy atom. The van der Waals surface area contributed by atoms with E-state index in [9.17, 15) is 0 Å². The van der Waals surface area contributed by atoms with Gasteiger partial charge in [0.05, 0.1) is 12.2 Å². The first kappa shape index (κ1) is 14.3. The van der Waals surface area contributed by atoms with Crippen LogP contribution in [-0.4, -0.2) is 18.2 Å². The molecule has 0 amide bonds. The van der Waals surface area contributed by atoms with Gasteiger partial charge in [-0.2, -0.15) is 0 Å². The summed E-state index contributed by atoms with van der Waals surface area (Å²) in [6.07, 6.45) is 12.4. The first-order chi connectivity index (χ1) is 8.72. The average Bonchev–Trinajstić information content (AvgIpc) is 2.41. The standard InChI is InChI=1S/C16H31NO/c1-3-12-6-5-7-14(10-12)18-16-11-13(4-2)8-9-15(16)17/h12-16H,3-11,17H2,1-2H3. The van der Waals surface area contributed by atoms with Gasteiger partial charge in [0.2, 0.25) is 0 Å².